The van der Waals surface area contributed by atoms with Crippen LogP contribution in [0.1, 0.15) is 53.5 Å². The van der Waals surface area contributed by atoms with E-state index in [9.17, 15) is 14.4 Å². The van der Waals surface area contributed by atoms with Crippen molar-refractivity contribution >= 4 is 17.8 Å². The van der Waals surface area contributed by atoms with Gasteiger partial charge in [0.1, 0.15) is 17.0 Å². The van der Waals surface area contributed by atoms with Gasteiger partial charge in [0.25, 0.3) is 0 Å². The van der Waals surface area contributed by atoms with Crippen LogP contribution in [0.15, 0.2) is 36.9 Å². The lowest BCUT2D eigenvalue weighted by atomic mass is 10.1. The minimum Gasteiger partial charge on any atom is -0.497 e. The molecule has 1 amide bonds. The highest BCUT2D eigenvalue weighted by atomic mass is 16.6. The van der Waals surface area contributed by atoms with Crippen molar-refractivity contribution in [2.75, 3.05) is 7.11 Å². The quantitative estimate of drug-likeness (QED) is 0.363. The van der Waals surface area contributed by atoms with Gasteiger partial charge in [-0.3, -0.25) is 4.79 Å². The number of ether oxygens (including phenoxy) is 3. The molecule has 0 aliphatic rings. The maximum Gasteiger partial charge on any atom is 0.341 e. The lowest BCUT2D eigenvalue weighted by molar-refractivity contribution is -0.179. The topological polar surface area (TPSA) is 82.1 Å². The van der Waals surface area contributed by atoms with E-state index in [4.69, 9.17) is 14.2 Å². The molecule has 0 radical (unpaired) electrons. The summed E-state index contributed by atoms with van der Waals surface area (Å²) in [6, 6.07) is 5.45. The standard InChI is InChI=1S/C23H33NO6/c1-9-10-18(25)24(15-16-11-13-17(28-8)14-12-16)19(20(26)29-22(2,3)4)21(27)30-23(5,6)7/h9,11-14,19H,1,10,15H2,2-8H3. The third-order valence-corrected chi connectivity index (χ3v) is 3.72. The van der Waals surface area contributed by atoms with Crippen LogP contribution in [0.2, 0.25) is 0 Å². The van der Waals surface area contributed by atoms with Gasteiger partial charge in [-0.25, -0.2) is 9.59 Å². The molecule has 0 fully saturated rings. The monoisotopic (exact) mass is 419 g/mol. The average molecular weight is 420 g/mol. The number of hydrogen-bond acceptors (Lipinski definition) is 6. The maximum absolute atomic E-state index is 13.0. The summed E-state index contributed by atoms with van der Waals surface area (Å²) in [5.41, 5.74) is -0.972. The van der Waals surface area contributed by atoms with E-state index in [1.165, 1.54) is 11.0 Å². The number of rotatable bonds is 8. The number of methoxy groups -OCH3 is 1. The van der Waals surface area contributed by atoms with Gasteiger partial charge in [0.05, 0.1) is 7.11 Å². The third kappa shape index (κ3) is 8.27. The van der Waals surface area contributed by atoms with Crippen molar-refractivity contribution < 1.29 is 28.6 Å². The fourth-order valence-electron chi connectivity index (χ4n) is 2.56. The minimum atomic E-state index is -1.54. The van der Waals surface area contributed by atoms with Crippen LogP contribution >= 0.6 is 0 Å². The van der Waals surface area contributed by atoms with Gasteiger partial charge in [-0.1, -0.05) is 18.2 Å². The molecule has 0 aromatic heterocycles. The lowest BCUT2D eigenvalue weighted by Gasteiger charge is -2.33. The van der Waals surface area contributed by atoms with Crippen LogP contribution in [0.25, 0.3) is 0 Å². The van der Waals surface area contributed by atoms with Gasteiger partial charge in [-0.15, -0.1) is 6.58 Å². The van der Waals surface area contributed by atoms with Crippen molar-refractivity contribution in [1.29, 1.82) is 0 Å². The van der Waals surface area contributed by atoms with E-state index in [2.05, 4.69) is 6.58 Å². The van der Waals surface area contributed by atoms with Crippen LogP contribution in [-0.2, 0) is 30.4 Å². The zero-order valence-electron chi connectivity index (χ0n) is 19.0. The Morgan fingerprint density at radius 3 is 1.80 bits per heavy atom. The summed E-state index contributed by atoms with van der Waals surface area (Å²) >= 11 is 0. The van der Waals surface area contributed by atoms with Crippen molar-refractivity contribution in [3.63, 3.8) is 0 Å². The fourth-order valence-corrected chi connectivity index (χ4v) is 2.56. The highest BCUT2D eigenvalue weighted by molar-refractivity contribution is 6.02. The number of hydrogen-bond donors (Lipinski definition) is 0. The molecule has 0 atom stereocenters. The molecule has 0 saturated carbocycles. The Labute approximate surface area is 179 Å². The van der Waals surface area contributed by atoms with Gasteiger partial charge in [0.2, 0.25) is 11.9 Å². The highest BCUT2D eigenvalue weighted by Gasteiger charge is 2.41. The van der Waals surface area contributed by atoms with Crippen molar-refractivity contribution in [1.82, 2.24) is 4.90 Å². The van der Waals surface area contributed by atoms with E-state index >= 15 is 0 Å². The molecule has 7 heteroatoms. The molecule has 0 N–H and O–H groups in total. The van der Waals surface area contributed by atoms with E-state index in [1.807, 2.05) is 0 Å². The van der Waals surface area contributed by atoms with E-state index in [0.717, 1.165) is 0 Å². The van der Waals surface area contributed by atoms with Gasteiger partial charge >= 0.3 is 11.9 Å². The smallest absolute Gasteiger partial charge is 0.341 e. The second-order valence-electron chi connectivity index (χ2n) is 8.83. The van der Waals surface area contributed by atoms with Gasteiger partial charge in [0.15, 0.2) is 0 Å². The van der Waals surface area contributed by atoms with E-state index in [0.29, 0.717) is 11.3 Å². The summed E-state index contributed by atoms with van der Waals surface area (Å²) in [4.78, 5) is 40.0. The fraction of sp³-hybridized carbons (Fsp3) is 0.522. The van der Waals surface area contributed by atoms with Crippen molar-refractivity contribution in [2.24, 2.45) is 0 Å². The number of benzene rings is 1. The predicted octanol–water partition coefficient (Wildman–Crippen LogP) is 3.65. The van der Waals surface area contributed by atoms with Crippen LogP contribution in [0.4, 0.5) is 0 Å². The van der Waals surface area contributed by atoms with Crippen LogP contribution in [0, 0.1) is 0 Å². The number of esters is 2. The molecule has 1 aromatic rings. The normalized spacial score (nSPS) is 11.6. The molecule has 0 bridgehead atoms. The Morgan fingerprint density at radius 2 is 1.43 bits per heavy atom. The Bertz CT molecular complexity index is 727. The molecule has 30 heavy (non-hydrogen) atoms. The predicted molar refractivity (Wildman–Crippen MR) is 114 cm³/mol. The van der Waals surface area contributed by atoms with Crippen molar-refractivity contribution in [3.05, 3.63) is 42.5 Å². The number of carbonyl (C=O) groups excluding carboxylic acids is 3. The molecule has 166 valence electrons. The second kappa shape index (κ2) is 10.3. The van der Waals surface area contributed by atoms with Crippen LogP contribution in [0.3, 0.4) is 0 Å². The molecule has 0 heterocycles. The molecule has 0 spiro atoms. The average Bonchev–Trinajstić information content (AvgIpc) is 2.58. The lowest BCUT2D eigenvalue weighted by Crippen LogP contribution is -2.53. The molecule has 1 aromatic carbocycles. The second-order valence-corrected chi connectivity index (χ2v) is 8.83. The Kier molecular flexibility index (Phi) is 8.63. The highest BCUT2D eigenvalue weighted by Crippen LogP contribution is 2.20. The molecule has 7 nitrogen and oxygen atoms in total. The van der Waals surface area contributed by atoms with Crippen molar-refractivity contribution in [2.45, 2.75) is 71.8 Å². The first kappa shape index (κ1) is 25.2. The van der Waals surface area contributed by atoms with E-state index < -0.39 is 35.1 Å². The molecule has 0 saturated heterocycles. The summed E-state index contributed by atoms with van der Waals surface area (Å²) in [5, 5.41) is 0. The van der Waals surface area contributed by atoms with Crippen LogP contribution < -0.4 is 4.74 Å². The molecule has 0 aliphatic carbocycles. The first-order chi connectivity index (χ1) is 13.8. The number of carbonyl (C=O) groups is 3. The Hall–Kier alpha value is -2.83. The summed E-state index contributed by atoms with van der Waals surface area (Å²) in [6.07, 6.45) is 1.38. The summed E-state index contributed by atoms with van der Waals surface area (Å²) in [5.74, 6) is -1.48. The SMILES string of the molecule is C=CCC(=O)N(Cc1ccc(OC)cc1)C(C(=O)OC(C)(C)C)C(=O)OC(C)(C)C. The number of amides is 1. The Morgan fingerprint density at radius 1 is 0.967 bits per heavy atom. The minimum absolute atomic E-state index is 0.0137. The van der Waals surface area contributed by atoms with Gasteiger partial charge in [-0.05, 0) is 59.2 Å². The third-order valence-electron chi connectivity index (χ3n) is 3.72. The van der Waals surface area contributed by atoms with Crippen molar-refractivity contribution in [3.8, 4) is 5.75 Å². The van der Waals surface area contributed by atoms with Gasteiger partial charge in [0, 0.05) is 13.0 Å². The summed E-state index contributed by atoms with van der Waals surface area (Å²) in [7, 11) is 1.55. The van der Waals surface area contributed by atoms with Gasteiger partial charge < -0.3 is 19.1 Å². The first-order valence-electron chi connectivity index (χ1n) is 9.76. The summed E-state index contributed by atoms with van der Waals surface area (Å²) < 4.78 is 16.0. The largest absolute Gasteiger partial charge is 0.497 e. The van der Waals surface area contributed by atoms with E-state index in [-0.39, 0.29) is 13.0 Å². The summed E-state index contributed by atoms with van der Waals surface area (Å²) in [6.45, 7) is 13.7. The van der Waals surface area contributed by atoms with E-state index in [1.54, 1.807) is 72.9 Å². The molecule has 1 rings (SSSR count). The first-order valence-corrected chi connectivity index (χ1v) is 9.76. The zero-order valence-corrected chi connectivity index (χ0v) is 19.0. The maximum atomic E-state index is 13.0. The zero-order chi connectivity index (χ0) is 23.1. The van der Waals surface area contributed by atoms with Gasteiger partial charge in [-0.2, -0.15) is 0 Å². The molecule has 0 aliphatic heterocycles. The molecule has 0 unspecified atom stereocenters. The van der Waals surface area contributed by atoms with Crippen LogP contribution in [0.5, 0.6) is 5.75 Å². The number of nitrogens with zero attached hydrogens (tertiary/aromatic N) is 1. The Balaban J connectivity index is 3.36. The van der Waals surface area contributed by atoms with Crippen LogP contribution in [-0.4, -0.2) is 47.1 Å². The molecular weight excluding hydrogens is 386 g/mol. The molecular formula is C23H33NO6.